The summed E-state index contributed by atoms with van der Waals surface area (Å²) in [6, 6.07) is 14.0. The second kappa shape index (κ2) is 8.82. The van der Waals surface area contributed by atoms with Crippen LogP contribution in [-0.2, 0) is 26.8 Å². The monoisotopic (exact) mass is 385 g/mol. The minimum absolute atomic E-state index is 0.0287. The minimum atomic E-state index is -3.89. The van der Waals surface area contributed by atoms with Crippen molar-refractivity contribution in [3.8, 4) is 0 Å². The van der Waals surface area contributed by atoms with Crippen LogP contribution in [0.5, 0.6) is 0 Å². The summed E-state index contributed by atoms with van der Waals surface area (Å²) in [6.45, 7) is 0.0344. The van der Waals surface area contributed by atoms with Crippen molar-refractivity contribution in [2.24, 2.45) is 0 Å². The molecule has 134 valence electrons. The largest absolute Gasteiger partial charge is 0.445 e. The fourth-order valence-electron chi connectivity index (χ4n) is 2.25. The van der Waals surface area contributed by atoms with Gasteiger partial charge >= 0.3 is 6.09 Å². The lowest BCUT2D eigenvalue weighted by Crippen LogP contribution is -2.41. The molecule has 2 aromatic rings. The molecule has 1 unspecified atom stereocenters. The number of rotatable bonds is 7. The molecule has 0 heterocycles. The van der Waals surface area contributed by atoms with Gasteiger partial charge < -0.3 is 10.1 Å². The summed E-state index contributed by atoms with van der Waals surface area (Å²) in [5.41, 5.74) is 1.06. The highest BCUT2D eigenvalue weighted by Gasteiger charge is 2.21. The number of benzene rings is 2. The summed E-state index contributed by atoms with van der Waals surface area (Å²) in [4.78, 5) is 11.9. The molecule has 0 aliphatic heterocycles. The van der Waals surface area contributed by atoms with Crippen molar-refractivity contribution in [1.29, 1.82) is 0 Å². The zero-order valence-electron chi connectivity index (χ0n) is 13.2. The van der Waals surface area contributed by atoms with Gasteiger partial charge in [-0.05, 0) is 23.6 Å². The number of alkyl carbamates (subject to hydrolysis) is 1. The number of hydrogen-bond donors (Lipinski definition) is 1. The van der Waals surface area contributed by atoms with E-state index in [4.69, 9.17) is 15.4 Å². The molecule has 8 heteroatoms. The van der Waals surface area contributed by atoms with E-state index < -0.39 is 32.8 Å². The molecule has 25 heavy (non-hydrogen) atoms. The molecule has 0 aromatic heterocycles. The van der Waals surface area contributed by atoms with E-state index in [1.165, 1.54) is 18.2 Å². The average Bonchev–Trinajstić information content (AvgIpc) is 2.54. The third kappa shape index (κ3) is 7.11. The Morgan fingerprint density at radius 2 is 1.76 bits per heavy atom. The van der Waals surface area contributed by atoms with E-state index in [1.807, 2.05) is 6.07 Å². The summed E-state index contributed by atoms with van der Waals surface area (Å²) in [7, 11) is 1.39. The minimum Gasteiger partial charge on any atom is -0.445 e. The zero-order chi connectivity index (χ0) is 18.3. The molecule has 1 N–H and O–H groups in total. The van der Waals surface area contributed by atoms with Crippen molar-refractivity contribution in [2.45, 2.75) is 19.1 Å². The molecule has 0 saturated heterocycles. The molecule has 0 radical (unpaired) electrons. The van der Waals surface area contributed by atoms with E-state index in [1.54, 1.807) is 30.3 Å². The Morgan fingerprint density at radius 1 is 1.12 bits per heavy atom. The van der Waals surface area contributed by atoms with Crippen molar-refractivity contribution in [3.63, 3.8) is 0 Å². The molecule has 0 aliphatic carbocycles. The molecular weight excluding hydrogens is 369 g/mol. The first-order valence-corrected chi connectivity index (χ1v) is 9.94. The van der Waals surface area contributed by atoms with Crippen LogP contribution < -0.4 is 5.32 Å². The highest BCUT2D eigenvalue weighted by atomic mass is 35.7. The van der Waals surface area contributed by atoms with Crippen LogP contribution in [0.2, 0.25) is 0 Å². The fourth-order valence-corrected chi connectivity index (χ4v) is 3.39. The molecule has 0 aliphatic rings. The zero-order valence-corrected chi connectivity index (χ0v) is 14.8. The lowest BCUT2D eigenvalue weighted by Gasteiger charge is -2.17. The molecular formula is C17H17ClFNO4S. The molecule has 2 aromatic carbocycles. The van der Waals surface area contributed by atoms with E-state index in [9.17, 15) is 17.6 Å². The van der Waals surface area contributed by atoms with Crippen LogP contribution in [0.15, 0.2) is 54.6 Å². The van der Waals surface area contributed by atoms with Crippen molar-refractivity contribution in [2.75, 3.05) is 5.75 Å². The predicted molar refractivity (Wildman–Crippen MR) is 93.3 cm³/mol. The smallest absolute Gasteiger partial charge is 0.407 e. The van der Waals surface area contributed by atoms with Gasteiger partial charge in [0.05, 0.1) is 11.8 Å². The Hall–Kier alpha value is -2.12. The molecule has 0 bridgehead atoms. The third-order valence-electron chi connectivity index (χ3n) is 3.36. The van der Waals surface area contributed by atoms with Gasteiger partial charge in [-0.25, -0.2) is 17.6 Å². The van der Waals surface area contributed by atoms with Crippen molar-refractivity contribution < 1.29 is 22.3 Å². The second-order valence-corrected chi connectivity index (χ2v) is 8.23. The Kier molecular flexibility index (Phi) is 6.78. The lowest BCUT2D eigenvalue weighted by atomic mass is 10.1. The Balaban J connectivity index is 2.00. The molecule has 0 spiro atoms. The highest BCUT2D eigenvalue weighted by Crippen LogP contribution is 2.12. The lowest BCUT2D eigenvalue weighted by molar-refractivity contribution is 0.136. The van der Waals surface area contributed by atoms with Crippen LogP contribution in [0.25, 0.3) is 0 Å². The third-order valence-corrected chi connectivity index (χ3v) is 4.54. The molecule has 2 rings (SSSR count). The number of hydrogen-bond acceptors (Lipinski definition) is 4. The number of carbonyl (C=O) groups excluding carboxylic acids is 1. The van der Waals surface area contributed by atoms with Crippen LogP contribution in [-0.4, -0.2) is 26.3 Å². The summed E-state index contributed by atoms with van der Waals surface area (Å²) < 4.78 is 41.5. The van der Waals surface area contributed by atoms with Gasteiger partial charge in [-0.1, -0.05) is 48.5 Å². The number of ether oxygens (including phenoxy) is 1. The van der Waals surface area contributed by atoms with E-state index in [0.29, 0.717) is 0 Å². The maximum atomic E-state index is 13.8. The van der Waals surface area contributed by atoms with Gasteiger partial charge in [0.15, 0.2) is 0 Å². The summed E-state index contributed by atoms with van der Waals surface area (Å²) in [5, 5.41) is 2.43. The second-order valence-electron chi connectivity index (χ2n) is 5.40. The summed E-state index contributed by atoms with van der Waals surface area (Å²) >= 11 is 0. The summed E-state index contributed by atoms with van der Waals surface area (Å²) in [5.74, 6) is -1.03. The highest BCUT2D eigenvalue weighted by molar-refractivity contribution is 8.13. The summed E-state index contributed by atoms with van der Waals surface area (Å²) in [6.07, 6.45) is -0.829. The molecule has 0 saturated carbocycles. The van der Waals surface area contributed by atoms with E-state index in [2.05, 4.69) is 5.32 Å². The Labute approximate surface area is 150 Å². The van der Waals surface area contributed by atoms with E-state index in [-0.39, 0.29) is 18.6 Å². The van der Waals surface area contributed by atoms with Crippen molar-refractivity contribution >= 4 is 25.8 Å². The molecule has 1 amide bonds. The van der Waals surface area contributed by atoms with Gasteiger partial charge in [-0.2, -0.15) is 0 Å². The molecule has 0 fully saturated rings. The first kappa shape index (κ1) is 19.2. The molecule has 5 nitrogen and oxygen atoms in total. The number of nitrogens with one attached hydrogen (secondary N) is 1. The fraction of sp³-hybridized carbons (Fsp3) is 0.235. The van der Waals surface area contributed by atoms with Crippen LogP contribution in [0.3, 0.4) is 0 Å². The Bertz CT molecular complexity index is 814. The predicted octanol–water partition coefficient (Wildman–Crippen LogP) is 3.23. The maximum Gasteiger partial charge on any atom is 0.407 e. The first-order chi connectivity index (χ1) is 11.8. The van der Waals surface area contributed by atoms with Gasteiger partial charge in [0, 0.05) is 10.7 Å². The van der Waals surface area contributed by atoms with Gasteiger partial charge in [0.1, 0.15) is 12.4 Å². The average molecular weight is 386 g/mol. The van der Waals surface area contributed by atoms with E-state index in [0.717, 1.165) is 5.56 Å². The van der Waals surface area contributed by atoms with Gasteiger partial charge in [-0.3, -0.25) is 0 Å². The number of halogens is 2. The number of amides is 1. The Morgan fingerprint density at radius 3 is 2.40 bits per heavy atom. The van der Waals surface area contributed by atoms with Crippen LogP contribution >= 0.6 is 10.7 Å². The SMILES string of the molecule is O=C(NC(Cc1ccccc1F)CS(=O)(=O)Cl)OCc1ccccc1. The first-order valence-electron chi connectivity index (χ1n) is 7.46. The van der Waals surface area contributed by atoms with Crippen LogP contribution in [0, 0.1) is 5.82 Å². The number of carbonyl (C=O) groups is 1. The normalized spacial score (nSPS) is 12.4. The maximum absolute atomic E-state index is 13.8. The quantitative estimate of drug-likeness (QED) is 0.743. The van der Waals surface area contributed by atoms with Gasteiger partial charge in [0.25, 0.3) is 0 Å². The van der Waals surface area contributed by atoms with Gasteiger partial charge in [-0.15, -0.1) is 0 Å². The van der Waals surface area contributed by atoms with E-state index >= 15 is 0 Å². The topological polar surface area (TPSA) is 72.5 Å². The van der Waals surface area contributed by atoms with Gasteiger partial charge in [0.2, 0.25) is 9.05 Å². The van der Waals surface area contributed by atoms with Crippen LogP contribution in [0.1, 0.15) is 11.1 Å². The molecule has 1 atom stereocenters. The van der Waals surface area contributed by atoms with Crippen molar-refractivity contribution in [1.82, 2.24) is 5.32 Å². The standard InChI is InChI=1S/C17H17ClFNO4S/c18-25(22,23)12-15(10-14-8-4-5-9-16(14)19)20-17(21)24-11-13-6-2-1-3-7-13/h1-9,15H,10-12H2,(H,20,21). The van der Waals surface area contributed by atoms with Crippen LogP contribution in [0.4, 0.5) is 9.18 Å². The van der Waals surface area contributed by atoms with Crippen molar-refractivity contribution in [3.05, 3.63) is 71.5 Å².